The van der Waals surface area contributed by atoms with Crippen molar-refractivity contribution in [2.75, 3.05) is 20.2 Å². The maximum absolute atomic E-state index is 12.5. The first kappa shape index (κ1) is 23.6. The van der Waals surface area contributed by atoms with Gasteiger partial charge in [-0.2, -0.15) is 8.78 Å². The van der Waals surface area contributed by atoms with Crippen LogP contribution in [-0.4, -0.2) is 48.8 Å². The summed E-state index contributed by atoms with van der Waals surface area (Å²) >= 11 is 6.64. The Morgan fingerprint density at radius 3 is 2.56 bits per heavy atom. The van der Waals surface area contributed by atoms with Crippen molar-refractivity contribution >= 4 is 46.5 Å². The number of hydrogen-bond donors (Lipinski definition) is 1. The van der Waals surface area contributed by atoms with Gasteiger partial charge < -0.3 is 14.8 Å². The molecule has 3 amide bonds. The third-order valence-electron chi connectivity index (χ3n) is 4.30. The molecule has 0 spiro atoms. The summed E-state index contributed by atoms with van der Waals surface area (Å²) in [5.41, 5.74) is 0.771. The van der Waals surface area contributed by atoms with Crippen molar-refractivity contribution in [2.24, 2.45) is 0 Å². The molecule has 7 nitrogen and oxygen atoms in total. The lowest BCUT2D eigenvalue weighted by molar-refractivity contribution is -0.122. The first-order valence-electron chi connectivity index (χ1n) is 9.20. The molecule has 2 aromatic carbocycles. The predicted molar refractivity (Wildman–Crippen MR) is 116 cm³/mol. The smallest absolute Gasteiger partial charge is 0.387 e. The van der Waals surface area contributed by atoms with Gasteiger partial charge >= 0.3 is 6.61 Å². The van der Waals surface area contributed by atoms with Crippen molar-refractivity contribution in [3.8, 4) is 11.5 Å². The Hall–Kier alpha value is -3.11. The van der Waals surface area contributed by atoms with E-state index < -0.39 is 23.7 Å². The number of nitrogens with one attached hydrogen (secondary N) is 1. The molecule has 1 saturated heterocycles. The second-order valence-corrected chi connectivity index (χ2v) is 7.81. The van der Waals surface area contributed by atoms with Crippen LogP contribution in [-0.2, 0) is 4.79 Å². The average molecular weight is 483 g/mol. The van der Waals surface area contributed by atoms with Crippen molar-refractivity contribution in [1.29, 1.82) is 0 Å². The van der Waals surface area contributed by atoms with Gasteiger partial charge in [0.05, 0.1) is 12.0 Å². The van der Waals surface area contributed by atoms with E-state index in [9.17, 15) is 23.2 Å². The second kappa shape index (κ2) is 10.5. The molecule has 1 N–H and O–H groups in total. The Labute approximate surface area is 191 Å². The maximum atomic E-state index is 12.5. The summed E-state index contributed by atoms with van der Waals surface area (Å²) in [6, 6.07) is 10.6. The predicted octanol–water partition coefficient (Wildman–Crippen LogP) is 4.42. The molecule has 32 heavy (non-hydrogen) atoms. The third kappa shape index (κ3) is 5.77. The molecule has 1 aliphatic heterocycles. The van der Waals surface area contributed by atoms with Crippen molar-refractivity contribution in [1.82, 2.24) is 10.2 Å². The van der Waals surface area contributed by atoms with Crippen molar-refractivity contribution in [3.63, 3.8) is 0 Å². The number of rotatable bonds is 8. The molecule has 3 rings (SSSR count). The summed E-state index contributed by atoms with van der Waals surface area (Å²) in [5.74, 6) is -1.29. The number of carbonyl (C=O) groups excluding carboxylic acids is 3. The van der Waals surface area contributed by atoms with E-state index in [4.69, 9.17) is 16.3 Å². The molecule has 1 fully saturated rings. The average Bonchev–Trinajstić information content (AvgIpc) is 3.02. The van der Waals surface area contributed by atoms with E-state index in [-0.39, 0.29) is 35.1 Å². The lowest BCUT2D eigenvalue weighted by atomic mass is 10.2. The number of alkyl halides is 2. The van der Waals surface area contributed by atoms with Crippen LogP contribution in [0, 0.1) is 0 Å². The van der Waals surface area contributed by atoms with Gasteiger partial charge in [0.15, 0.2) is 11.5 Å². The van der Waals surface area contributed by atoms with Gasteiger partial charge in [0.1, 0.15) is 0 Å². The number of hydrogen-bond acceptors (Lipinski definition) is 6. The molecule has 0 bridgehead atoms. The molecule has 0 atom stereocenters. The van der Waals surface area contributed by atoms with Crippen molar-refractivity contribution in [3.05, 3.63) is 63.5 Å². The molecule has 0 radical (unpaired) electrons. The van der Waals surface area contributed by atoms with Crippen molar-refractivity contribution < 1.29 is 32.6 Å². The van der Waals surface area contributed by atoms with Gasteiger partial charge in [0.25, 0.3) is 17.1 Å². The molecule has 168 valence electrons. The number of carbonyl (C=O) groups is 3. The molecule has 1 aliphatic rings. The number of methoxy groups -OCH3 is 1. The first-order chi connectivity index (χ1) is 15.3. The largest absolute Gasteiger partial charge is 0.493 e. The Balaban J connectivity index is 1.60. The number of imide groups is 1. The Kier molecular flexibility index (Phi) is 7.70. The van der Waals surface area contributed by atoms with Crippen LogP contribution in [0.5, 0.6) is 11.5 Å². The zero-order chi connectivity index (χ0) is 23.3. The summed E-state index contributed by atoms with van der Waals surface area (Å²) < 4.78 is 34.4. The van der Waals surface area contributed by atoms with Gasteiger partial charge in [0.2, 0.25) is 0 Å². The number of ether oxygens (including phenoxy) is 2. The highest BCUT2D eigenvalue weighted by Gasteiger charge is 2.34. The fourth-order valence-electron chi connectivity index (χ4n) is 2.79. The molecule has 11 heteroatoms. The number of halogens is 3. The van der Waals surface area contributed by atoms with E-state index in [0.29, 0.717) is 5.02 Å². The van der Waals surface area contributed by atoms with Gasteiger partial charge in [-0.05, 0) is 53.7 Å². The highest BCUT2D eigenvalue weighted by molar-refractivity contribution is 8.18. The van der Waals surface area contributed by atoms with Crippen LogP contribution in [0.4, 0.5) is 13.6 Å². The number of amides is 3. The van der Waals surface area contributed by atoms with E-state index in [1.54, 1.807) is 30.3 Å². The lowest BCUT2D eigenvalue weighted by Gasteiger charge is -2.14. The SMILES string of the molecule is COc1ccc(C(=O)NCCN2C(=O)S/C(=C/c3ccc(Cl)cc3)C2=O)cc1OC(F)F. The standard InChI is InChI=1S/C21H17ClF2N2O5S/c1-30-15-7-4-13(11-16(15)31-20(23)24)18(27)25-8-9-26-19(28)17(32-21(26)29)10-12-2-5-14(22)6-3-12/h2-7,10-11,20H,8-9H2,1H3,(H,25,27)/b17-10+. The molecular weight excluding hydrogens is 466 g/mol. The van der Waals surface area contributed by atoms with Crippen molar-refractivity contribution in [2.45, 2.75) is 6.61 Å². The third-order valence-corrected chi connectivity index (χ3v) is 5.46. The zero-order valence-electron chi connectivity index (χ0n) is 16.6. The van der Waals surface area contributed by atoms with E-state index in [0.717, 1.165) is 28.3 Å². The van der Waals surface area contributed by atoms with Crippen LogP contribution in [0.1, 0.15) is 15.9 Å². The highest BCUT2D eigenvalue weighted by Crippen LogP contribution is 2.32. The van der Waals surface area contributed by atoms with E-state index >= 15 is 0 Å². The Morgan fingerprint density at radius 1 is 1.19 bits per heavy atom. The molecule has 2 aromatic rings. The van der Waals surface area contributed by atoms with E-state index in [1.807, 2.05) is 0 Å². The minimum atomic E-state index is -3.08. The summed E-state index contributed by atoms with van der Waals surface area (Å²) in [4.78, 5) is 38.3. The number of benzene rings is 2. The number of thioether (sulfide) groups is 1. The summed E-state index contributed by atoms with van der Waals surface area (Å²) in [5, 5.41) is 2.64. The van der Waals surface area contributed by atoms with Gasteiger partial charge in [-0.25, -0.2) is 0 Å². The van der Waals surface area contributed by atoms with Gasteiger partial charge in [-0.3, -0.25) is 19.3 Å². The van der Waals surface area contributed by atoms with Crippen LogP contribution in [0.3, 0.4) is 0 Å². The Bertz CT molecular complexity index is 1060. The van der Waals surface area contributed by atoms with Crippen LogP contribution in [0.25, 0.3) is 6.08 Å². The molecular formula is C21H17ClF2N2O5S. The minimum Gasteiger partial charge on any atom is -0.493 e. The molecule has 0 aromatic heterocycles. The van der Waals surface area contributed by atoms with Gasteiger partial charge in [-0.15, -0.1) is 0 Å². The van der Waals surface area contributed by atoms with Crippen LogP contribution in [0.15, 0.2) is 47.4 Å². The lowest BCUT2D eigenvalue weighted by Crippen LogP contribution is -2.37. The fraction of sp³-hybridized carbons (Fsp3) is 0.190. The molecule has 0 saturated carbocycles. The van der Waals surface area contributed by atoms with Crippen LogP contribution >= 0.6 is 23.4 Å². The summed E-state index contributed by atoms with van der Waals surface area (Å²) in [7, 11) is 1.28. The molecule has 0 unspecified atom stereocenters. The van der Waals surface area contributed by atoms with Crippen LogP contribution in [0.2, 0.25) is 5.02 Å². The minimum absolute atomic E-state index is 0.0256. The number of nitrogens with zero attached hydrogens (tertiary/aromatic N) is 1. The van der Waals surface area contributed by atoms with E-state index in [1.165, 1.54) is 19.2 Å². The van der Waals surface area contributed by atoms with Gasteiger partial charge in [0, 0.05) is 23.7 Å². The second-order valence-electron chi connectivity index (χ2n) is 6.38. The summed E-state index contributed by atoms with van der Waals surface area (Å²) in [6.45, 7) is -3.16. The Morgan fingerprint density at radius 2 is 1.91 bits per heavy atom. The molecule has 1 heterocycles. The quantitative estimate of drug-likeness (QED) is 0.561. The highest BCUT2D eigenvalue weighted by atomic mass is 35.5. The normalized spacial score (nSPS) is 14.9. The van der Waals surface area contributed by atoms with Gasteiger partial charge in [-0.1, -0.05) is 23.7 Å². The van der Waals surface area contributed by atoms with E-state index in [2.05, 4.69) is 10.1 Å². The maximum Gasteiger partial charge on any atom is 0.387 e. The topological polar surface area (TPSA) is 84.9 Å². The molecule has 0 aliphatic carbocycles. The zero-order valence-corrected chi connectivity index (χ0v) is 18.2. The summed E-state index contributed by atoms with van der Waals surface area (Å²) in [6.07, 6.45) is 1.59. The van der Waals surface area contributed by atoms with Crippen LogP contribution < -0.4 is 14.8 Å². The monoisotopic (exact) mass is 482 g/mol. The first-order valence-corrected chi connectivity index (χ1v) is 10.4. The fourth-order valence-corrected chi connectivity index (χ4v) is 3.78.